The van der Waals surface area contributed by atoms with E-state index < -0.39 is 18.0 Å². The second-order valence-corrected chi connectivity index (χ2v) is 5.97. The molecular formula is C17H14ClN3O5. The molecule has 1 atom stereocenters. The van der Waals surface area contributed by atoms with Crippen LogP contribution in [-0.4, -0.2) is 33.1 Å². The fourth-order valence-corrected chi connectivity index (χ4v) is 2.48. The van der Waals surface area contributed by atoms with Crippen LogP contribution in [0.4, 0.5) is 5.69 Å². The number of anilines is 1. The number of aromatic amines is 2. The lowest BCUT2D eigenvalue weighted by atomic mass is 10.2. The Kier molecular flexibility index (Phi) is 4.68. The number of rotatable bonds is 4. The van der Waals surface area contributed by atoms with Crippen LogP contribution in [0.5, 0.6) is 5.75 Å². The summed E-state index contributed by atoms with van der Waals surface area (Å²) in [6, 6.07) is 8.74. The molecule has 26 heavy (non-hydrogen) atoms. The Morgan fingerprint density at radius 2 is 1.88 bits per heavy atom. The number of halogens is 1. The van der Waals surface area contributed by atoms with Crippen LogP contribution >= 0.6 is 11.6 Å². The summed E-state index contributed by atoms with van der Waals surface area (Å²) in [5, 5.41) is 12.6. The van der Waals surface area contributed by atoms with Crippen LogP contribution in [0.2, 0.25) is 5.02 Å². The number of amides is 1. The van der Waals surface area contributed by atoms with Crippen LogP contribution in [0.25, 0.3) is 11.0 Å². The third kappa shape index (κ3) is 3.70. The number of nitrogens with one attached hydrogen (secondary N) is 3. The first-order chi connectivity index (χ1) is 12.3. The van der Waals surface area contributed by atoms with Crippen LogP contribution in [0.1, 0.15) is 17.3 Å². The predicted molar refractivity (Wildman–Crippen MR) is 95.5 cm³/mol. The Bertz CT molecular complexity index is 1060. The topological polar surface area (TPSA) is 124 Å². The molecule has 0 saturated carbocycles. The highest BCUT2D eigenvalue weighted by Crippen LogP contribution is 2.23. The molecule has 1 amide bonds. The molecule has 1 heterocycles. The quantitative estimate of drug-likeness (QED) is 0.521. The van der Waals surface area contributed by atoms with Gasteiger partial charge < -0.3 is 25.1 Å². The zero-order valence-electron chi connectivity index (χ0n) is 13.5. The third-order valence-electron chi connectivity index (χ3n) is 3.62. The molecule has 3 aromatic rings. The molecule has 0 aliphatic rings. The second-order valence-electron chi connectivity index (χ2n) is 5.54. The van der Waals surface area contributed by atoms with E-state index in [9.17, 15) is 19.5 Å². The number of hydrogen-bond acceptors (Lipinski definition) is 5. The number of carbonyl (C=O) groups is 2. The van der Waals surface area contributed by atoms with E-state index in [0.29, 0.717) is 16.7 Å². The molecule has 8 nitrogen and oxygen atoms in total. The van der Waals surface area contributed by atoms with E-state index in [2.05, 4.69) is 15.3 Å². The first-order valence-corrected chi connectivity index (χ1v) is 7.93. The summed E-state index contributed by atoms with van der Waals surface area (Å²) >= 11 is 5.71. The minimum Gasteiger partial charge on any atom is -0.507 e. The van der Waals surface area contributed by atoms with Crippen molar-refractivity contribution in [2.24, 2.45) is 0 Å². The Labute approximate surface area is 151 Å². The SMILES string of the molecule is C[C@@H](OC(=O)c1ccc(Cl)cc1O)C(=O)Nc1ccc2[nH]c(=O)[nH]c2c1. The van der Waals surface area contributed by atoms with Crippen LogP contribution in [-0.2, 0) is 9.53 Å². The van der Waals surface area contributed by atoms with Gasteiger partial charge in [0.2, 0.25) is 0 Å². The maximum Gasteiger partial charge on any atom is 0.342 e. The van der Waals surface area contributed by atoms with Crippen LogP contribution < -0.4 is 11.0 Å². The molecule has 0 spiro atoms. The standard InChI is InChI=1S/C17H14ClN3O5/c1-8(26-16(24)11-4-2-9(18)6-14(11)22)15(23)19-10-3-5-12-13(7-10)21-17(25)20-12/h2-8,22H,1H3,(H,19,23)(H2,20,21,25)/t8-/m1/s1. The van der Waals surface area contributed by atoms with Gasteiger partial charge in [-0.2, -0.15) is 0 Å². The smallest absolute Gasteiger partial charge is 0.342 e. The van der Waals surface area contributed by atoms with Gasteiger partial charge in [-0.1, -0.05) is 11.6 Å². The molecule has 2 aromatic carbocycles. The van der Waals surface area contributed by atoms with Gasteiger partial charge >= 0.3 is 11.7 Å². The molecule has 1 aromatic heterocycles. The van der Waals surface area contributed by atoms with Crippen molar-refractivity contribution in [1.82, 2.24) is 9.97 Å². The number of hydrogen-bond donors (Lipinski definition) is 4. The second kappa shape index (κ2) is 6.93. The van der Waals surface area contributed by atoms with Crippen LogP contribution in [0, 0.1) is 0 Å². The lowest BCUT2D eigenvalue weighted by Gasteiger charge is -2.14. The van der Waals surface area contributed by atoms with E-state index in [1.165, 1.54) is 25.1 Å². The normalized spacial score (nSPS) is 11.9. The Morgan fingerprint density at radius 1 is 1.15 bits per heavy atom. The summed E-state index contributed by atoms with van der Waals surface area (Å²) < 4.78 is 5.06. The van der Waals surface area contributed by atoms with Crippen LogP contribution in [0.3, 0.4) is 0 Å². The number of benzene rings is 2. The molecular weight excluding hydrogens is 362 g/mol. The van der Waals surface area contributed by atoms with Gasteiger partial charge in [0.05, 0.1) is 11.0 Å². The highest BCUT2D eigenvalue weighted by atomic mass is 35.5. The number of phenolic OH excluding ortho intramolecular Hbond substituents is 1. The van der Waals surface area contributed by atoms with Crippen molar-refractivity contribution in [3.8, 4) is 5.75 Å². The van der Waals surface area contributed by atoms with Crippen molar-refractivity contribution in [1.29, 1.82) is 0 Å². The number of esters is 1. The molecule has 0 fully saturated rings. The molecule has 0 bridgehead atoms. The summed E-state index contributed by atoms with van der Waals surface area (Å²) in [7, 11) is 0. The summed E-state index contributed by atoms with van der Waals surface area (Å²) in [6.45, 7) is 1.40. The van der Waals surface area contributed by atoms with E-state index >= 15 is 0 Å². The van der Waals surface area contributed by atoms with Crippen molar-refractivity contribution >= 4 is 40.2 Å². The van der Waals surface area contributed by atoms with Gasteiger partial charge in [-0.3, -0.25) is 4.79 Å². The molecule has 0 aliphatic carbocycles. The number of aromatic nitrogens is 2. The molecule has 3 rings (SSSR count). The molecule has 4 N–H and O–H groups in total. The zero-order valence-corrected chi connectivity index (χ0v) is 14.3. The zero-order chi connectivity index (χ0) is 18.8. The van der Waals surface area contributed by atoms with Gasteiger partial charge in [-0.25, -0.2) is 9.59 Å². The van der Waals surface area contributed by atoms with E-state index in [0.717, 1.165) is 0 Å². The van der Waals surface area contributed by atoms with Crippen molar-refractivity contribution in [2.75, 3.05) is 5.32 Å². The summed E-state index contributed by atoms with van der Waals surface area (Å²) in [5.41, 5.74) is 1.11. The molecule has 9 heteroatoms. The lowest BCUT2D eigenvalue weighted by molar-refractivity contribution is -0.123. The van der Waals surface area contributed by atoms with Crippen molar-refractivity contribution < 1.29 is 19.4 Å². The van der Waals surface area contributed by atoms with E-state index in [1.54, 1.807) is 18.2 Å². The number of fused-ring (bicyclic) bond motifs is 1. The molecule has 0 aliphatic heterocycles. The Balaban J connectivity index is 1.68. The van der Waals surface area contributed by atoms with Crippen molar-refractivity contribution in [3.63, 3.8) is 0 Å². The molecule has 0 saturated heterocycles. The largest absolute Gasteiger partial charge is 0.507 e. The number of imidazole rings is 1. The highest BCUT2D eigenvalue weighted by molar-refractivity contribution is 6.30. The Morgan fingerprint density at radius 3 is 2.62 bits per heavy atom. The minimum atomic E-state index is -1.11. The van der Waals surface area contributed by atoms with Gasteiger partial charge in [-0.05, 0) is 43.3 Å². The maximum absolute atomic E-state index is 12.2. The van der Waals surface area contributed by atoms with Gasteiger partial charge in [0, 0.05) is 10.7 Å². The summed E-state index contributed by atoms with van der Waals surface area (Å²) in [4.78, 5) is 40.7. The van der Waals surface area contributed by atoms with E-state index in [1.807, 2.05) is 0 Å². The molecule has 134 valence electrons. The minimum absolute atomic E-state index is 0.0969. The number of carbonyl (C=O) groups excluding carboxylic acids is 2. The maximum atomic E-state index is 12.2. The van der Waals surface area contributed by atoms with Gasteiger partial charge in [0.1, 0.15) is 11.3 Å². The number of aromatic hydroxyl groups is 1. The predicted octanol–water partition coefficient (Wildman–Crippen LogP) is 2.40. The lowest BCUT2D eigenvalue weighted by Crippen LogP contribution is -2.30. The van der Waals surface area contributed by atoms with Gasteiger partial charge in [0.15, 0.2) is 6.10 Å². The molecule has 0 radical (unpaired) electrons. The third-order valence-corrected chi connectivity index (χ3v) is 3.85. The van der Waals surface area contributed by atoms with Crippen LogP contribution in [0.15, 0.2) is 41.2 Å². The van der Waals surface area contributed by atoms with Gasteiger partial charge in [-0.15, -0.1) is 0 Å². The fourth-order valence-electron chi connectivity index (χ4n) is 2.31. The number of phenols is 1. The summed E-state index contributed by atoms with van der Waals surface area (Å²) in [5.74, 6) is -1.76. The average Bonchev–Trinajstić information content (AvgIpc) is 2.93. The van der Waals surface area contributed by atoms with Crippen molar-refractivity contribution in [2.45, 2.75) is 13.0 Å². The van der Waals surface area contributed by atoms with E-state index in [4.69, 9.17) is 16.3 Å². The van der Waals surface area contributed by atoms with Crippen molar-refractivity contribution in [3.05, 3.63) is 57.5 Å². The van der Waals surface area contributed by atoms with E-state index in [-0.39, 0.29) is 22.0 Å². The monoisotopic (exact) mass is 375 g/mol. The Hall–Kier alpha value is -3.26. The summed E-state index contributed by atoms with van der Waals surface area (Å²) in [6.07, 6.45) is -1.11. The number of ether oxygens (including phenoxy) is 1. The number of H-pyrrole nitrogens is 2. The molecule has 0 unspecified atom stereocenters. The first kappa shape index (κ1) is 17.6. The fraction of sp³-hybridized carbons (Fsp3) is 0.118. The average molecular weight is 376 g/mol. The van der Waals surface area contributed by atoms with Gasteiger partial charge in [0.25, 0.3) is 5.91 Å². The first-order valence-electron chi connectivity index (χ1n) is 7.56. The highest BCUT2D eigenvalue weighted by Gasteiger charge is 2.21.